The highest BCUT2D eigenvalue weighted by Gasteiger charge is 2.07. The summed E-state index contributed by atoms with van der Waals surface area (Å²) in [5, 5.41) is 4.43. The predicted molar refractivity (Wildman–Crippen MR) is 84.4 cm³/mol. The van der Waals surface area contributed by atoms with Crippen LogP contribution in [-0.4, -0.2) is 9.78 Å². The molecule has 0 fully saturated rings. The summed E-state index contributed by atoms with van der Waals surface area (Å²) >= 11 is 7.11. The molecule has 4 heteroatoms. The number of halogens is 2. The largest absolute Gasteiger partial charge is 0.239 e. The molecular weight excluding hydrogens is 368 g/mol. The first-order valence-electron chi connectivity index (χ1n) is 5.80. The number of benzene rings is 2. The lowest BCUT2D eigenvalue weighted by atomic mass is 10.1. The van der Waals surface area contributed by atoms with E-state index in [1.54, 1.807) is 0 Å². The highest BCUT2D eigenvalue weighted by Crippen LogP contribution is 2.29. The second-order valence-electron chi connectivity index (χ2n) is 4.10. The van der Waals surface area contributed by atoms with Crippen molar-refractivity contribution in [2.45, 2.75) is 0 Å². The summed E-state index contributed by atoms with van der Waals surface area (Å²) in [6.45, 7) is 0. The first-order chi connectivity index (χ1) is 9.25. The molecule has 3 rings (SSSR count). The zero-order valence-corrected chi connectivity index (χ0v) is 13.1. The van der Waals surface area contributed by atoms with Crippen molar-refractivity contribution >= 4 is 31.9 Å². The molecule has 2 nitrogen and oxygen atoms in total. The van der Waals surface area contributed by atoms with E-state index in [0.29, 0.717) is 0 Å². The number of rotatable bonds is 2. The van der Waals surface area contributed by atoms with Gasteiger partial charge in [-0.2, -0.15) is 5.10 Å². The number of nitrogens with zero attached hydrogens (tertiary/aromatic N) is 2. The number of para-hydroxylation sites is 1. The van der Waals surface area contributed by atoms with Crippen molar-refractivity contribution < 1.29 is 0 Å². The Morgan fingerprint density at radius 2 is 1.53 bits per heavy atom. The van der Waals surface area contributed by atoms with Crippen molar-refractivity contribution in [3.8, 4) is 16.8 Å². The van der Waals surface area contributed by atoms with E-state index in [1.165, 1.54) is 0 Å². The van der Waals surface area contributed by atoms with E-state index in [2.05, 4.69) is 43.0 Å². The van der Waals surface area contributed by atoms with Gasteiger partial charge in [0.25, 0.3) is 0 Å². The summed E-state index contributed by atoms with van der Waals surface area (Å²) in [6.07, 6.45) is 3.90. The minimum Gasteiger partial charge on any atom is -0.239 e. The SMILES string of the molecule is Brc1ccccc1-c1cnn(-c2ccccc2Br)c1. The first kappa shape index (κ1) is 12.6. The van der Waals surface area contributed by atoms with Gasteiger partial charge in [0.05, 0.1) is 11.9 Å². The van der Waals surface area contributed by atoms with Gasteiger partial charge in [-0.3, -0.25) is 0 Å². The lowest BCUT2D eigenvalue weighted by Crippen LogP contribution is -1.94. The fourth-order valence-corrected chi connectivity index (χ4v) is 2.91. The van der Waals surface area contributed by atoms with Crippen LogP contribution in [0.5, 0.6) is 0 Å². The highest BCUT2D eigenvalue weighted by atomic mass is 79.9. The molecule has 1 heterocycles. The Bertz CT molecular complexity index is 659. The molecule has 0 amide bonds. The van der Waals surface area contributed by atoms with E-state index in [0.717, 1.165) is 25.8 Å². The fourth-order valence-electron chi connectivity index (χ4n) is 1.93. The van der Waals surface area contributed by atoms with E-state index in [9.17, 15) is 0 Å². The number of aromatic nitrogens is 2. The smallest absolute Gasteiger partial charge is 0.0787 e. The summed E-state index contributed by atoms with van der Waals surface area (Å²) in [5.41, 5.74) is 3.25. The van der Waals surface area contributed by atoms with Crippen LogP contribution in [0.1, 0.15) is 0 Å². The third-order valence-corrected chi connectivity index (χ3v) is 4.23. The van der Waals surface area contributed by atoms with E-state index in [1.807, 2.05) is 59.5 Å². The zero-order chi connectivity index (χ0) is 13.2. The maximum Gasteiger partial charge on any atom is 0.0787 e. The van der Waals surface area contributed by atoms with E-state index >= 15 is 0 Å². The molecule has 0 spiro atoms. The van der Waals surface area contributed by atoms with Crippen LogP contribution in [0, 0.1) is 0 Å². The molecule has 1 aromatic heterocycles. The van der Waals surface area contributed by atoms with Crippen LogP contribution < -0.4 is 0 Å². The predicted octanol–water partition coefficient (Wildman–Crippen LogP) is 5.06. The van der Waals surface area contributed by atoms with Gasteiger partial charge in [0, 0.05) is 20.7 Å². The zero-order valence-electron chi connectivity index (χ0n) is 9.92. The monoisotopic (exact) mass is 376 g/mol. The fraction of sp³-hybridized carbons (Fsp3) is 0. The van der Waals surface area contributed by atoms with Crippen LogP contribution in [0.25, 0.3) is 16.8 Å². The minimum absolute atomic E-state index is 1.02. The molecule has 0 bridgehead atoms. The molecule has 19 heavy (non-hydrogen) atoms. The third-order valence-electron chi connectivity index (χ3n) is 2.87. The van der Waals surface area contributed by atoms with E-state index < -0.39 is 0 Å². The molecule has 2 aromatic carbocycles. The maximum atomic E-state index is 4.43. The summed E-state index contributed by atoms with van der Waals surface area (Å²) in [7, 11) is 0. The number of hydrogen-bond donors (Lipinski definition) is 0. The van der Waals surface area contributed by atoms with Gasteiger partial charge in [0.15, 0.2) is 0 Å². The quantitative estimate of drug-likeness (QED) is 0.610. The molecule has 0 aliphatic rings. The second-order valence-corrected chi connectivity index (χ2v) is 5.81. The average Bonchev–Trinajstić information content (AvgIpc) is 2.89. The van der Waals surface area contributed by atoms with Crippen molar-refractivity contribution in [3.63, 3.8) is 0 Å². The molecule has 94 valence electrons. The second kappa shape index (κ2) is 5.31. The van der Waals surface area contributed by atoms with E-state index in [4.69, 9.17) is 0 Å². The Labute approximate surface area is 128 Å². The summed E-state index contributed by atoms with van der Waals surface area (Å²) in [6, 6.07) is 16.2. The average molecular weight is 378 g/mol. The maximum absolute atomic E-state index is 4.43. The van der Waals surface area contributed by atoms with Crippen LogP contribution in [0.2, 0.25) is 0 Å². The first-order valence-corrected chi connectivity index (χ1v) is 7.39. The van der Waals surface area contributed by atoms with Gasteiger partial charge in [-0.05, 0) is 39.7 Å². The van der Waals surface area contributed by atoms with Crippen LogP contribution in [-0.2, 0) is 0 Å². The molecule has 0 atom stereocenters. The molecule has 0 saturated carbocycles. The topological polar surface area (TPSA) is 17.8 Å². The van der Waals surface area contributed by atoms with Crippen molar-refractivity contribution in [2.24, 2.45) is 0 Å². The van der Waals surface area contributed by atoms with Crippen molar-refractivity contribution in [1.82, 2.24) is 9.78 Å². The van der Waals surface area contributed by atoms with Crippen LogP contribution in [0.15, 0.2) is 69.9 Å². The lowest BCUT2D eigenvalue weighted by Gasteiger charge is -2.03. The summed E-state index contributed by atoms with van der Waals surface area (Å²) in [4.78, 5) is 0. The molecule has 0 aliphatic carbocycles. The number of hydrogen-bond acceptors (Lipinski definition) is 1. The van der Waals surface area contributed by atoms with Crippen molar-refractivity contribution in [2.75, 3.05) is 0 Å². The molecule has 0 unspecified atom stereocenters. The van der Waals surface area contributed by atoms with Crippen molar-refractivity contribution in [1.29, 1.82) is 0 Å². The molecule has 0 saturated heterocycles. The molecule has 0 radical (unpaired) electrons. The molecule has 0 N–H and O–H groups in total. The van der Waals surface area contributed by atoms with E-state index in [-0.39, 0.29) is 0 Å². The molecule has 3 aromatic rings. The van der Waals surface area contributed by atoms with Gasteiger partial charge in [-0.25, -0.2) is 4.68 Å². The standard InChI is InChI=1S/C15H10Br2N2/c16-13-6-2-1-5-12(13)11-9-18-19(10-11)15-8-4-3-7-14(15)17/h1-10H. The highest BCUT2D eigenvalue weighted by molar-refractivity contribution is 9.11. The van der Waals surface area contributed by atoms with Crippen LogP contribution in [0.4, 0.5) is 0 Å². The van der Waals surface area contributed by atoms with Gasteiger partial charge < -0.3 is 0 Å². The normalized spacial score (nSPS) is 10.6. The van der Waals surface area contributed by atoms with Gasteiger partial charge in [-0.1, -0.05) is 46.3 Å². The Balaban J connectivity index is 2.06. The molecule has 0 aliphatic heterocycles. The Kier molecular flexibility index (Phi) is 3.53. The van der Waals surface area contributed by atoms with Crippen molar-refractivity contribution in [3.05, 3.63) is 69.9 Å². The van der Waals surface area contributed by atoms with Crippen LogP contribution >= 0.6 is 31.9 Å². The third kappa shape index (κ3) is 2.51. The van der Waals surface area contributed by atoms with Gasteiger partial charge in [0.1, 0.15) is 0 Å². The van der Waals surface area contributed by atoms with Gasteiger partial charge in [-0.15, -0.1) is 0 Å². The van der Waals surface area contributed by atoms with Crippen LogP contribution in [0.3, 0.4) is 0 Å². The lowest BCUT2D eigenvalue weighted by molar-refractivity contribution is 0.876. The minimum atomic E-state index is 1.02. The Hall–Kier alpha value is -1.39. The Morgan fingerprint density at radius 1 is 0.842 bits per heavy atom. The van der Waals surface area contributed by atoms with Gasteiger partial charge in [0.2, 0.25) is 0 Å². The van der Waals surface area contributed by atoms with Gasteiger partial charge >= 0.3 is 0 Å². The summed E-state index contributed by atoms with van der Waals surface area (Å²) in [5.74, 6) is 0. The Morgan fingerprint density at radius 3 is 2.26 bits per heavy atom. The molecular formula is C15H10Br2N2. The summed E-state index contributed by atoms with van der Waals surface area (Å²) < 4.78 is 3.97.